The van der Waals surface area contributed by atoms with E-state index in [-0.39, 0.29) is 11.8 Å². The van der Waals surface area contributed by atoms with Gasteiger partial charge in [0.25, 0.3) is 0 Å². The van der Waals surface area contributed by atoms with Gasteiger partial charge in [0.1, 0.15) is 12.7 Å². The number of urea groups is 1. The highest BCUT2D eigenvalue weighted by atomic mass is 16.2. The van der Waals surface area contributed by atoms with Crippen LogP contribution in [-0.4, -0.2) is 44.6 Å². The molecule has 1 aliphatic rings. The van der Waals surface area contributed by atoms with Gasteiger partial charge in [-0.15, -0.1) is 0 Å². The van der Waals surface area contributed by atoms with Gasteiger partial charge >= 0.3 is 6.03 Å². The Balaban J connectivity index is 1.56. The quantitative estimate of drug-likeness (QED) is 0.875. The van der Waals surface area contributed by atoms with Crippen LogP contribution >= 0.6 is 0 Å². The summed E-state index contributed by atoms with van der Waals surface area (Å²) in [7, 11) is 0. The van der Waals surface area contributed by atoms with E-state index in [1.807, 2.05) is 9.58 Å². The minimum atomic E-state index is -0.103. The summed E-state index contributed by atoms with van der Waals surface area (Å²) in [5, 5.41) is 7.03. The zero-order valence-electron chi connectivity index (χ0n) is 13.7. The molecule has 1 aromatic heterocycles. The molecule has 7 heteroatoms. The minimum Gasteiger partial charge on any atom is -0.324 e. The van der Waals surface area contributed by atoms with E-state index < -0.39 is 0 Å². The Bertz CT molecular complexity index is 696. The van der Waals surface area contributed by atoms with E-state index in [0.29, 0.717) is 23.7 Å². The van der Waals surface area contributed by atoms with Crippen LogP contribution in [0.25, 0.3) is 0 Å². The van der Waals surface area contributed by atoms with Crippen molar-refractivity contribution in [3.8, 4) is 0 Å². The Morgan fingerprint density at radius 3 is 2.75 bits per heavy atom. The zero-order valence-corrected chi connectivity index (χ0v) is 13.7. The number of hydrogen-bond donors (Lipinski definition) is 1. The molecule has 1 aromatic carbocycles. The Labute approximate surface area is 140 Å². The fourth-order valence-corrected chi connectivity index (χ4v) is 2.98. The first-order chi connectivity index (χ1) is 11.6. The molecule has 1 saturated heterocycles. The van der Waals surface area contributed by atoms with Crippen LogP contribution in [0.4, 0.5) is 10.5 Å². The van der Waals surface area contributed by atoms with Gasteiger partial charge in [0.05, 0.1) is 0 Å². The van der Waals surface area contributed by atoms with Gasteiger partial charge in [-0.05, 0) is 49.9 Å². The second-order valence-corrected chi connectivity index (χ2v) is 6.14. The van der Waals surface area contributed by atoms with Gasteiger partial charge in [0, 0.05) is 30.9 Å². The number of rotatable bonds is 4. The van der Waals surface area contributed by atoms with Gasteiger partial charge in [0.2, 0.25) is 0 Å². The standard InChI is InChI=1S/C17H21N5O2/c1-13(23)15-4-6-16(7-5-15)20-17(24)21-8-2-3-14(9-21)10-22-12-18-11-19-22/h4-7,11-12,14H,2-3,8-10H2,1H3,(H,20,24)/t14-/m1/s1. The van der Waals surface area contributed by atoms with E-state index in [2.05, 4.69) is 15.4 Å². The number of amides is 2. The lowest BCUT2D eigenvalue weighted by atomic mass is 9.98. The molecule has 2 heterocycles. The zero-order chi connectivity index (χ0) is 16.9. The van der Waals surface area contributed by atoms with Crippen molar-refractivity contribution in [3.63, 3.8) is 0 Å². The normalized spacial score (nSPS) is 17.5. The maximum absolute atomic E-state index is 12.4. The predicted molar refractivity (Wildman–Crippen MR) is 89.8 cm³/mol. The smallest absolute Gasteiger partial charge is 0.321 e. The number of benzene rings is 1. The number of anilines is 1. The summed E-state index contributed by atoms with van der Waals surface area (Å²) < 4.78 is 1.81. The van der Waals surface area contributed by atoms with E-state index in [1.54, 1.807) is 30.6 Å². The molecule has 1 N–H and O–H groups in total. The number of carbonyl (C=O) groups excluding carboxylic acids is 2. The van der Waals surface area contributed by atoms with Crippen LogP contribution in [-0.2, 0) is 6.54 Å². The van der Waals surface area contributed by atoms with Crippen LogP contribution < -0.4 is 5.32 Å². The lowest BCUT2D eigenvalue weighted by Gasteiger charge is -2.32. The average molecular weight is 327 g/mol. The van der Waals surface area contributed by atoms with E-state index in [1.165, 1.54) is 13.3 Å². The molecular formula is C17H21N5O2. The number of aromatic nitrogens is 3. The van der Waals surface area contributed by atoms with Crippen molar-refractivity contribution in [2.75, 3.05) is 18.4 Å². The molecule has 1 aliphatic heterocycles. The number of likely N-dealkylation sites (tertiary alicyclic amines) is 1. The number of Topliss-reactive ketones (excluding diaryl/α,β-unsaturated/α-hetero) is 1. The molecule has 0 radical (unpaired) electrons. The van der Waals surface area contributed by atoms with E-state index in [9.17, 15) is 9.59 Å². The van der Waals surface area contributed by atoms with Gasteiger partial charge in [-0.3, -0.25) is 9.48 Å². The molecule has 1 fully saturated rings. The van der Waals surface area contributed by atoms with Gasteiger partial charge < -0.3 is 10.2 Å². The van der Waals surface area contributed by atoms with E-state index in [0.717, 1.165) is 25.9 Å². The first-order valence-corrected chi connectivity index (χ1v) is 8.11. The third-order valence-corrected chi connectivity index (χ3v) is 4.26. The van der Waals surface area contributed by atoms with Crippen molar-refractivity contribution < 1.29 is 9.59 Å². The van der Waals surface area contributed by atoms with Gasteiger partial charge in [-0.2, -0.15) is 5.10 Å². The Hall–Kier alpha value is -2.70. The van der Waals surface area contributed by atoms with Crippen molar-refractivity contribution in [1.29, 1.82) is 0 Å². The van der Waals surface area contributed by atoms with Crippen LogP contribution in [0, 0.1) is 5.92 Å². The SMILES string of the molecule is CC(=O)c1ccc(NC(=O)N2CCC[C@@H](Cn3cncn3)C2)cc1. The third-order valence-electron chi connectivity index (χ3n) is 4.26. The van der Waals surface area contributed by atoms with Crippen LogP contribution in [0.15, 0.2) is 36.9 Å². The fraction of sp³-hybridized carbons (Fsp3) is 0.412. The molecule has 24 heavy (non-hydrogen) atoms. The Morgan fingerprint density at radius 1 is 1.29 bits per heavy atom. The number of piperidine rings is 1. The van der Waals surface area contributed by atoms with Gasteiger partial charge in [-0.1, -0.05) is 0 Å². The molecular weight excluding hydrogens is 306 g/mol. The topological polar surface area (TPSA) is 80.1 Å². The molecule has 0 bridgehead atoms. The molecule has 0 spiro atoms. The average Bonchev–Trinajstić information content (AvgIpc) is 3.08. The molecule has 7 nitrogen and oxygen atoms in total. The lowest BCUT2D eigenvalue weighted by molar-refractivity contribution is 0.101. The molecule has 0 aliphatic carbocycles. The first kappa shape index (κ1) is 16.2. The molecule has 0 saturated carbocycles. The highest BCUT2D eigenvalue weighted by Crippen LogP contribution is 2.19. The Kier molecular flexibility index (Phi) is 4.88. The summed E-state index contributed by atoms with van der Waals surface area (Å²) in [5.41, 5.74) is 1.34. The summed E-state index contributed by atoms with van der Waals surface area (Å²) in [6.45, 7) is 3.76. The number of nitrogens with one attached hydrogen (secondary N) is 1. The lowest BCUT2D eigenvalue weighted by Crippen LogP contribution is -2.43. The third kappa shape index (κ3) is 3.98. The molecule has 3 rings (SSSR count). The molecule has 126 valence electrons. The summed E-state index contributed by atoms with van der Waals surface area (Å²) in [5.74, 6) is 0.395. The molecule has 1 atom stereocenters. The maximum atomic E-state index is 12.4. The summed E-state index contributed by atoms with van der Waals surface area (Å²) >= 11 is 0. The van der Waals surface area contributed by atoms with Gasteiger partial charge in [-0.25, -0.2) is 9.78 Å². The number of hydrogen-bond acceptors (Lipinski definition) is 4. The van der Waals surface area contributed by atoms with Crippen molar-refractivity contribution in [2.45, 2.75) is 26.3 Å². The first-order valence-electron chi connectivity index (χ1n) is 8.11. The van der Waals surface area contributed by atoms with Crippen molar-refractivity contribution in [3.05, 3.63) is 42.5 Å². The van der Waals surface area contributed by atoms with Crippen LogP contribution in [0.5, 0.6) is 0 Å². The van der Waals surface area contributed by atoms with Crippen molar-refractivity contribution in [2.24, 2.45) is 5.92 Å². The predicted octanol–water partition coefficient (Wildman–Crippen LogP) is 2.42. The molecule has 2 amide bonds. The van der Waals surface area contributed by atoms with Crippen LogP contribution in [0.3, 0.4) is 0 Å². The molecule has 2 aromatic rings. The largest absolute Gasteiger partial charge is 0.324 e. The number of carbonyl (C=O) groups is 2. The number of ketones is 1. The summed E-state index contributed by atoms with van der Waals surface area (Å²) in [6.07, 6.45) is 5.29. The van der Waals surface area contributed by atoms with E-state index in [4.69, 9.17) is 0 Å². The fourth-order valence-electron chi connectivity index (χ4n) is 2.98. The van der Waals surface area contributed by atoms with Crippen molar-refractivity contribution >= 4 is 17.5 Å². The van der Waals surface area contributed by atoms with E-state index >= 15 is 0 Å². The maximum Gasteiger partial charge on any atom is 0.321 e. The van der Waals surface area contributed by atoms with Crippen LogP contribution in [0.1, 0.15) is 30.1 Å². The Morgan fingerprint density at radius 2 is 2.08 bits per heavy atom. The second kappa shape index (κ2) is 7.25. The highest BCUT2D eigenvalue weighted by molar-refractivity contribution is 5.95. The number of nitrogens with zero attached hydrogens (tertiary/aromatic N) is 4. The summed E-state index contributed by atoms with van der Waals surface area (Å²) in [6, 6.07) is 6.86. The highest BCUT2D eigenvalue weighted by Gasteiger charge is 2.24. The second-order valence-electron chi connectivity index (χ2n) is 6.14. The van der Waals surface area contributed by atoms with Crippen LogP contribution in [0.2, 0.25) is 0 Å². The van der Waals surface area contributed by atoms with Crippen molar-refractivity contribution in [1.82, 2.24) is 19.7 Å². The summed E-state index contributed by atoms with van der Waals surface area (Å²) in [4.78, 5) is 29.5. The molecule has 0 unspecified atom stereocenters. The van der Waals surface area contributed by atoms with Gasteiger partial charge in [0.15, 0.2) is 5.78 Å². The monoisotopic (exact) mass is 327 g/mol. The minimum absolute atomic E-state index is 0.0138.